The molecular formula is C42H32N4Pt. The number of anilines is 4. The number of rotatable bonds is 2. The fourth-order valence-corrected chi connectivity index (χ4v) is 7.05. The fourth-order valence-electron chi connectivity index (χ4n) is 7.05. The van der Waals surface area contributed by atoms with E-state index in [0.29, 0.717) is 0 Å². The quantitative estimate of drug-likeness (QED) is 0.162. The van der Waals surface area contributed by atoms with E-state index < -0.39 is 0 Å². The van der Waals surface area contributed by atoms with E-state index in [-0.39, 0.29) is 21.1 Å². The molecule has 47 heavy (non-hydrogen) atoms. The van der Waals surface area contributed by atoms with Gasteiger partial charge in [-0.1, -0.05) is 84.9 Å². The van der Waals surface area contributed by atoms with E-state index >= 15 is 0 Å². The SMILES string of the molecule is [Pt+4].[c-]1c2cc(-c3ccccc3)cc1CN1[CH-]N(Cc3[c-]c(cc(-c4ccccc4)c3)CN3[CH-]N(C2)c2ccccc23)c2ccccc21. The minimum atomic E-state index is 0. The Morgan fingerprint density at radius 2 is 0.638 bits per heavy atom. The predicted octanol–water partition coefficient (Wildman–Crippen LogP) is 9.22. The summed E-state index contributed by atoms with van der Waals surface area (Å²) in [7, 11) is 0. The third kappa shape index (κ3) is 5.72. The largest absolute Gasteiger partial charge is 4.00 e. The number of fused-ring (bicyclic) bond motifs is 14. The Morgan fingerprint density at radius 3 is 0.936 bits per heavy atom. The van der Waals surface area contributed by atoms with E-state index in [1.54, 1.807) is 0 Å². The average Bonchev–Trinajstić information content (AvgIpc) is 3.62. The zero-order valence-electron chi connectivity index (χ0n) is 25.8. The third-order valence-electron chi connectivity index (χ3n) is 9.10. The van der Waals surface area contributed by atoms with Crippen molar-refractivity contribution in [2.24, 2.45) is 0 Å². The molecule has 0 N–H and O–H groups in total. The Balaban J connectivity index is 0.00000324. The second-order valence-corrected chi connectivity index (χ2v) is 12.3. The monoisotopic (exact) mass is 787 g/mol. The first-order chi connectivity index (χ1) is 22.7. The minimum absolute atomic E-state index is 0. The van der Waals surface area contributed by atoms with Crippen molar-refractivity contribution in [3.63, 3.8) is 0 Å². The normalized spacial score (nSPS) is 14.8. The second-order valence-electron chi connectivity index (χ2n) is 12.3. The average molecular weight is 788 g/mol. The van der Waals surface area contributed by atoms with Gasteiger partial charge in [0.1, 0.15) is 0 Å². The number of para-hydroxylation sites is 4. The Bertz CT molecular complexity index is 1800. The topological polar surface area (TPSA) is 13.0 Å². The molecule has 3 aliphatic rings. The summed E-state index contributed by atoms with van der Waals surface area (Å²) in [5.41, 5.74) is 14.4. The van der Waals surface area contributed by atoms with Gasteiger partial charge in [0.25, 0.3) is 0 Å². The van der Waals surface area contributed by atoms with E-state index in [4.69, 9.17) is 0 Å². The first-order valence-electron chi connectivity index (χ1n) is 15.9. The van der Waals surface area contributed by atoms with Crippen LogP contribution < -0.4 is 19.6 Å². The molecule has 5 heteroatoms. The molecular weight excluding hydrogens is 756 g/mol. The van der Waals surface area contributed by atoms with Gasteiger partial charge in [0, 0.05) is 22.7 Å². The standard InChI is InChI=1S/C42H32N4.Pt/c1-3-11-35(12-4-1)37-21-31-19-32(22-37)26-44-30-46(42-18-10-8-16-40(42)44)28-34-20-33(23-38(24-34)36-13-5-2-6-14-36)27-45-29-43(25-31)39-15-7-9-17-41(39)45;/h1-18,21-24,29-30H,25-28H2;/q-4;+4. The molecule has 0 radical (unpaired) electrons. The number of benzene rings is 6. The Hall–Kier alpha value is -4.79. The summed E-state index contributed by atoms with van der Waals surface area (Å²) in [6.07, 6.45) is 0. The van der Waals surface area contributed by atoms with Crippen molar-refractivity contribution in [3.05, 3.63) is 181 Å². The summed E-state index contributed by atoms with van der Waals surface area (Å²) < 4.78 is 0. The second kappa shape index (κ2) is 12.4. The van der Waals surface area contributed by atoms with Crippen LogP contribution in [0.3, 0.4) is 0 Å². The van der Waals surface area contributed by atoms with Crippen LogP contribution >= 0.6 is 0 Å². The zero-order valence-corrected chi connectivity index (χ0v) is 28.1. The fraction of sp³-hybridized carbons (Fsp3) is 0.0952. The Labute approximate surface area is 291 Å². The first-order valence-corrected chi connectivity index (χ1v) is 15.9. The summed E-state index contributed by atoms with van der Waals surface area (Å²) in [5, 5.41) is 0. The van der Waals surface area contributed by atoms with Gasteiger partial charge in [0.15, 0.2) is 0 Å². The van der Waals surface area contributed by atoms with Crippen LogP contribution in [-0.2, 0) is 47.2 Å². The molecule has 3 heterocycles. The molecule has 0 amide bonds. The zero-order chi connectivity index (χ0) is 30.5. The van der Waals surface area contributed by atoms with Gasteiger partial charge in [-0.15, -0.1) is 33.4 Å². The molecule has 0 fully saturated rings. The van der Waals surface area contributed by atoms with Crippen LogP contribution in [0.1, 0.15) is 22.3 Å². The van der Waals surface area contributed by atoms with Crippen LogP contribution in [0.25, 0.3) is 22.3 Å². The number of hydrogen-bond acceptors (Lipinski definition) is 4. The van der Waals surface area contributed by atoms with E-state index in [1.165, 1.54) is 67.3 Å². The Kier molecular flexibility index (Phi) is 7.83. The maximum Gasteiger partial charge on any atom is 4.00 e. The van der Waals surface area contributed by atoms with Crippen molar-refractivity contribution >= 4 is 22.7 Å². The summed E-state index contributed by atoms with van der Waals surface area (Å²) in [6, 6.07) is 55.7. The number of hydrogen-bond donors (Lipinski definition) is 0. The molecule has 4 nitrogen and oxygen atoms in total. The van der Waals surface area contributed by atoms with Crippen molar-refractivity contribution in [3.8, 4) is 22.3 Å². The maximum atomic E-state index is 3.83. The maximum absolute atomic E-state index is 3.83. The number of nitrogens with zero attached hydrogens (tertiary/aromatic N) is 4. The molecule has 6 aromatic carbocycles. The molecule has 0 aliphatic carbocycles. The van der Waals surface area contributed by atoms with Gasteiger partial charge in [-0.05, 0) is 61.6 Å². The van der Waals surface area contributed by atoms with Gasteiger partial charge in [-0.3, -0.25) is 0 Å². The first kappa shape index (κ1) is 29.6. The van der Waals surface area contributed by atoms with Gasteiger partial charge < -0.3 is 19.6 Å². The van der Waals surface area contributed by atoms with Crippen LogP contribution in [0, 0.1) is 25.5 Å². The van der Waals surface area contributed by atoms with Crippen LogP contribution in [0.5, 0.6) is 0 Å². The molecule has 0 saturated carbocycles. The molecule has 0 atom stereocenters. The molecule has 3 aliphatic heterocycles. The van der Waals surface area contributed by atoms with Crippen molar-refractivity contribution in [1.29, 1.82) is 0 Å². The van der Waals surface area contributed by atoms with E-state index in [0.717, 1.165) is 26.2 Å². The summed E-state index contributed by atoms with van der Waals surface area (Å²) in [6.45, 7) is 7.45. The van der Waals surface area contributed by atoms with Crippen LogP contribution in [-0.4, -0.2) is 0 Å². The van der Waals surface area contributed by atoms with E-state index in [2.05, 4.69) is 179 Å². The molecule has 230 valence electrons. The van der Waals surface area contributed by atoms with Crippen LogP contribution in [0.15, 0.2) is 133 Å². The van der Waals surface area contributed by atoms with Gasteiger partial charge in [-0.2, -0.15) is 49.7 Å². The molecule has 0 aromatic heterocycles. The Morgan fingerprint density at radius 1 is 0.362 bits per heavy atom. The van der Waals surface area contributed by atoms with E-state index in [9.17, 15) is 0 Å². The van der Waals surface area contributed by atoms with Gasteiger partial charge in [0.2, 0.25) is 0 Å². The van der Waals surface area contributed by atoms with Gasteiger partial charge in [-0.25, -0.2) is 0 Å². The molecule has 6 aromatic rings. The van der Waals surface area contributed by atoms with Crippen LogP contribution in [0.2, 0.25) is 0 Å². The smallest absolute Gasteiger partial charge is 0.500 e. The van der Waals surface area contributed by atoms with Crippen molar-refractivity contribution in [2.45, 2.75) is 26.2 Å². The molecule has 8 bridgehead atoms. The van der Waals surface area contributed by atoms with Gasteiger partial charge in [0.05, 0.1) is 0 Å². The van der Waals surface area contributed by atoms with Gasteiger partial charge >= 0.3 is 21.1 Å². The van der Waals surface area contributed by atoms with Crippen molar-refractivity contribution in [2.75, 3.05) is 19.6 Å². The molecule has 0 spiro atoms. The summed E-state index contributed by atoms with van der Waals surface area (Å²) >= 11 is 0. The molecule has 0 saturated heterocycles. The summed E-state index contributed by atoms with van der Waals surface area (Å²) in [4.78, 5) is 9.47. The minimum Gasteiger partial charge on any atom is -0.500 e. The predicted molar refractivity (Wildman–Crippen MR) is 188 cm³/mol. The molecule has 9 rings (SSSR count). The van der Waals surface area contributed by atoms with Crippen molar-refractivity contribution < 1.29 is 21.1 Å². The van der Waals surface area contributed by atoms with E-state index in [1.807, 2.05) is 0 Å². The third-order valence-corrected chi connectivity index (χ3v) is 9.10. The molecule has 0 unspecified atom stereocenters. The van der Waals surface area contributed by atoms with Crippen LogP contribution in [0.4, 0.5) is 22.7 Å². The summed E-state index contributed by atoms with van der Waals surface area (Å²) in [5.74, 6) is 0. The van der Waals surface area contributed by atoms with Crippen molar-refractivity contribution in [1.82, 2.24) is 0 Å².